The number of rotatable bonds is 6. The first-order valence-electron chi connectivity index (χ1n) is 9.40. The third kappa shape index (κ3) is 5.44. The van der Waals surface area contributed by atoms with Crippen molar-refractivity contribution in [2.45, 2.75) is 30.8 Å². The van der Waals surface area contributed by atoms with Crippen molar-refractivity contribution in [3.05, 3.63) is 29.8 Å². The lowest BCUT2D eigenvalue weighted by Crippen LogP contribution is -2.67. The molecule has 1 aromatic rings. The van der Waals surface area contributed by atoms with Crippen molar-refractivity contribution < 1.29 is 41.0 Å². The van der Waals surface area contributed by atoms with E-state index in [1.165, 1.54) is 5.56 Å². The molecule has 30 heavy (non-hydrogen) atoms. The minimum atomic E-state index is -5.08. The van der Waals surface area contributed by atoms with Crippen LogP contribution in [-0.2, 0) is 25.9 Å². The summed E-state index contributed by atoms with van der Waals surface area (Å²) >= 11 is 0. The Labute approximate surface area is 173 Å². The van der Waals surface area contributed by atoms with E-state index in [0.717, 1.165) is 18.7 Å². The predicted octanol–water partition coefficient (Wildman–Crippen LogP) is 2.35. The molecule has 0 amide bonds. The van der Waals surface area contributed by atoms with Crippen LogP contribution in [-0.4, -0.2) is 74.5 Å². The average molecular weight is 453 g/mol. The lowest BCUT2D eigenvalue weighted by molar-refractivity contribution is -0.192. The van der Waals surface area contributed by atoms with Gasteiger partial charge in [0.25, 0.3) is 0 Å². The van der Waals surface area contributed by atoms with Gasteiger partial charge in [-0.05, 0) is 31.0 Å². The van der Waals surface area contributed by atoms with Crippen LogP contribution in [0, 0.1) is 5.92 Å². The summed E-state index contributed by atoms with van der Waals surface area (Å²) in [5, 5.41) is 7.12. The molecule has 11 heteroatoms. The van der Waals surface area contributed by atoms with Crippen LogP contribution < -0.4 is 4.74 Å². The molecule has 0 saturated carbocycles. The standard InChI is InChI=1S/C17H25NO4S.C2HF3O2/c1-3-22-11-15-8-9-23(19,20)17(15)12-18(13-17)10-14-4-6-16(21-2)7-5-14;3-2(4,5)1(6)7/h4-7,15H,3,8-13H2,1-2H3;(H,6,7). The van der Waals surface area contributed by atoms with Crippen LogP contribution in [0.1, 0.15) is 18.9 Å². The zero-order chi connectivity index (χ0) is 22.6. The van der Waals surface area contributed by atoms with Crippen molar-refractivity contribution in [3.8, 4) is 5.75 Å². The van der Waals surface area contributed by atoms with E-state index in [4.69, 9.17) is 19.4 Å². The Morgan fingerprint density at radius 1 is 1.27 bits per heavy atom. The molecule has 0 aliphatic carbocycles. The Hall–Kier alpha value is -1.85. The molecule has 1 spiro atoms. The van der Waals surface area contributed by atoms with Gasteiger partial charge in [-0.15, -0.1) is 0 Å². The maximum Gasteiger partial charge on any atom is 0.490 e. The largest absolute Gasteiger partial charge is 0.497 e. The van der Waals surface area contributed by atoms with Gasteiger partial charge in [-0.25, -0.2) is 13.2 Å². The van der Waals surface area contributed by atoms with Crippen molar-refractivity contribution >= 4 is 15.8 Å². The quantitative estimate of drug-likeness (QED) is 0.707. The number of halogens is 3. The molecule has 2 aliphatic heterocycles. The molecular formula is C19H26F3NO6S. The molecule has 2 aliphatic rings. The summed E-state index contributed by atoms with van der Waals surface area (Å²) in [6, 6.07) is 7.94. The van der Waals surface area contributed by atoms with Crippen LogP contribution in [0.4, 0.5) is 13.2 Å². The fourth-order valence-corrected chi connectivity index (χ4v) is 6.23. The molecule has 2 fully saturated rings. The van der Waals surface area contributed by atoms with Crippen molar-refractivity contribution in [1.82, 2.24) is 4.90 Å². The molecule has 1 unspecified atom stereocenters. The Morgan fingerprint density at radius 3 is 2.30 bits per heavy atom. The number of benzene rings is 1. The van der Waals surface area contributed by atoms with E-state index in [2.05, 4.69) is 4.90 Å². The average Bonchev–Trinajstić information content (AvgIpc) is 2.91. The van der Waals surface area contributed by atoms with E-state index in [1.54, 1.807) is 7.11 Å². The molecule has 1 N–H and O–H groups in total. The van der Waals surface area contributed by atoms with Gasteiger partial charge in [0, 0.05) is 32.2 Å². The van der Waals surface area contributed by atoms with E-state index >= 15 is 0 Å². The van der Waals surface area contributed by atoms with Crippen LogP contribution in [0.5, 0.6) is 5.75 Å². The van der Waals surface area contributed by atoms with Gasteiger partial charge in [-0.2, -0.15) is 13.2 Å². The first-order chi connectivity index (χ1) is 13.9. The highest BCUT2D eigenvalue weighted by atomic mass is 32.2. The molecule has 7 nitrogen and oxygen atoms in total. The number of hydrogen-bond acceptors (Lipinski definition) is 6. The predicted molar refractivity (Wildman–Crippen MR) is 103 cm³/mol. The molecule has 0 bridgehead atoms. The maximum absolute atomic E-state index is 12.5. The topological polar surface area (TPSA) is 93.1 Å². The monoisotopic (exact) mass is 453 g/mol. The van der Waals surface area contributed by atoms with Crippen LogP contribution in [0.2, 0.25) is 0 Å². The van der Waals surface area contributed by atoms with E-state index in [9.17, 15) is 21.6 Å². The van der Waals surface area contributed by atoms with Crippen molar-refractivity contribution in [2.75, 3.05) is 39.2 Å². The minimum absolute atomic E-state index is 0.138. The first kappa shape index (κ1) is 24.4. The van der Waals surface area contributed by atoms with Gasteiger partial charge in [0.15, 0.2) is 9.84 Å². The lowest BCUT2D eigenvalue weighted by atomic mass is 9.83. The van der Waals surface area contributed by atoms with Crippen molar-refractivity contribution in [3.63, 3.8) is 0 Å². The fourth-order valence-electron chi connectivity index (χ4n) is 3.78. The smallest absolute Gasteiger partial charge is 0.490 e. The summed E-state index contributed by atoms with van der Waals surface area (Å²) in [5.41, 5.74) is 1.18. The third-order valence-corrected chi connectivity index (χ3v) is 8.02. The van der Waals surface area contributed by atoms with E-state index in [-0.39, 0.29) is 5.92 Å². The summed E-state index contributed by atoms with van der Waals surface area (Å²) in [7, 11) is -1.36. The minimum Gasteiger partial charge on any atom is -0.497 e. The Balaban J connectivity index is 0.000000396. The Morgan fingerprint density at radius 2 is 1.83 bits per heavy atom. The van der Waals surface area contributed by atoms with Crippen LogP contribution >= 0.6 is 0 Å². The van der Waals surface area contributed by atoms with Crippen LogP contribution in [0.3, 0.4) is 0 Å². The Kier molecular flexibility index (Phi) is 7.75. The maximum atomic E-state index is 12.5. The summed E-state index contributed by atoms with van der Waals surface area (Å²) in [5.74, 6) is -1.47. The normalized spacial score (nSPS) is 22.1. The van der Waals surface area contributed by atoms with Gasteiger partial charge >= 0.3 is 12.1 Å². The van der Waals surface area contributed by atoms with Crippen LogP contribution in [0.15, 0.2) is 24.3 Å². The lowest BCUT2D eigenvalue weighted by Gasteiger charge is -2.50. The molecule has 0 aromatic heterocycles. The zero-order valence-electron chi connectivity index (χ0n) is 16.8. The highest BCUT2D eigenvalue weighted by Gasteiger charge is 2.61. The van der Waals surface area contributed by atoms with Crippen molar-refractivity contribution in [2.24, 2.45) is 5.92 Å². The summed E-state index contributed by atoms with van der Waals surface area (Å²) in [6.07, 6.45) is -4.35. The van der Waals surface area contributed by atoms with E-state index in [0.29, 0.717) is 32.1 Å². The first-order valence-corrected chi connectivity index (χ1v) is 11.1. The second-order valence-corrected chi connectivity index (χ2v) is 9.78. The van der Waals surface area contributed by atoms with Gasteiger partial charge in [-0.1, -0.05) is 12.1 Å². The summed E-state index contributed by atoms with van der Waals surface area (Å²) < 4.78 is 66.9. The number of aliphatic carboxylic acids is 1. The number of nitrogens with zero attached hydrogens (tertiary/aromatic N) is 1. The molecule has 3 rings (SSSR count). The van der Waals surface area contributed by atoms with Gasteiger partial charge in [0.2, 0.25) is 0 Å². The number of carboxylic acids is 1. The number of alkyl halides is 3. The SMILES string of the molecule is CCOCC1CCS(=O)(=O)C12CN(Cc1ccc(OC)cc1)C2.O=C(O)C(F)(F)F. The number of likely N-dealkylation sites (tertiary alicyclic amines) is 1. The number of sulfone groups is 1. The van der Waals surface area contributed by atoms with Gasteiger partial charge < -0.3 is 14.6 Å². The molecule has 2 saturated heterocycles. The number of methoxy groups -OCH3 is 1. The van der Waals surface area contributed by atoms with Crippen LogP contribution in [0.25, 0.3) is 0 Å². The highest BCUT2D eigenvalue weighted by Crippen LogP contribution is 2.45. The number of ether oxygens (including phenoxy) is 2. The molecule has 2 heterocycles. The van der Waals surface area contributed by atoms with Crippen molar-refractivity contribution in [1.29, 1.82) is 0 Å². The zero-order valence-corrected chi connectivity index (χ0v) is 17.6. The second kappa shape index (κ2) is 9.52. The second-order valence-electron chi connectivity index (χ2n) is 7.32. The molecule has 170 valence electrons. The molecular weight excluding hydrogens is 427 g/mol. The number of carboxylic acid groups (broad SMARTS) is 1. The van der Waals surface area contributed by atoms with E-state index in [1.807, 2.05) is 31.2 Å². The summed E-state index contributed by atoms with van der Waals surface area (Å²) in [4.78, 5) is 11.1. The Bertz CT molecular complexity index is 820. The van der Waals surface area contributed by atoms with E-state index < -0.39 is 26.7 Å². The number of hydrogen-bond donors (Lipinski definition) is 1. The highest BCUT2D eigenvalue weighted by molar-refractivity contribution is 7.93. The summed E-state index contributed by atoms with van der Waals surface area (Å²) in [6.45, 7) is 5.18. The molecule has 0 radical (unpaired) electrons. The third-order valence-electron chi connectivity index (χ3n) is 5.41. The van der Waals surface area contributed by atoms with Gasteiger partial charge in [0.1, 0.15) is 10.5 Å². The molecule has 1 atom stereocenters. The fraction of sp³-hybridized carbons (Fsp3) is 0.632. The van der Waals surface area contributed by atoms with Gasteiger partial charge in [0.05, 0.1) is 19.5 Å². The molecule has 1 aromatic carbocycles. The van der Waals surface area contributed by atoms with Gasteiger partial charge in [-0.3, -0.25) is 4.90 Å². The number of carbonyl (C=O) groups is 1.